The quantitative estimate of drug-likeness (QED) is 0.671. The molecule has 0 aliphatic rings. The van der Waals surface area contributed by atoms with E-state index in [0.29, 0.717) is 0 Å². The molecule has 0 heterocycles. The van der Waals surface area contributed by atoms with E-state index in [4.69, 9.17) is 23.2 Å². The summed E-state index contributed by atoms with van der Waals surface area (Å²) in [5.74, 6) is -1.97. The summed E-state index contributed by atoms with van der Waals surface area (Å²) >= 11 is 12.0. The zero-order chi connectivity index (χ0) is 15.5. The maximum absolute atomic E-state index is 14.1. The molecular formula is C16H13Cl2F3. The molecule has 0 fully saturated rings. The van der Waals surface area contributed by atoms with Gasteiger partial charge in [0.2, 0.25) is 0 Å². The van der Waals surface area contributed by atoms with E-state index >= 15 is 0 Å². The summed E-state index contributed by atoms with van der Waals surface area (Å²) in [6.07, 6.45) is -0.112. The highest BCUT2D eigenvalue weighted by molar-refractivity contribution is 6.22. The van der Waals surface area contributed by atoms with Gasteiger partial charge in [0.15, 0.2) is 0 Å². The first-order valence-electron chi connectivity index (χ1n) is 6.34. The molecule has 21 heavy (non-hydrogen) atoms. The van der Waals surface area contributed by atoms with E-state index in [1.54, 1.807) is 12.1 Å². The second-order valence-corrected chi connectivity index (χ2v) is 5.44. The van der Waals surface area contributed by atoms with Gasteiger partial charge in [0, 0.05) is 22.7 Å². The van der Waals surface area contributed by atoms with Crippen molar-refractivity contribution in [2.24, 2.45) is 0 Å². The van der Waals surface area contributed by atoms with Gasteiger partial charge in [-0.3, -0.25) is 0 Å². The maximum Gasteiger partial charge on any atom is 0.129 e. The van der Waals surface area contributed by atoms with Crippen LogP contribution >= 0.6 is 23.2 Å². The van der Waals surface area contributed by atoms with Crippen molar-refractivity contribution in [3.05, 3.63) is 71.0 Å². The van der Waals surface area contributed by atoms with Crippen molar-refractivity contribution in [1.82, 2.24) is 0 Å². The van der Waals surface area contributed by atoms with Crippen LogP contribution in [0.2, 0.25) is 0 Å². The first-order valence-corrected chi connectivity index (χ1v) is 7.41. The first-order chi connectivity index (χ1) is 10.0. The Hall–Kier alpha value is -1.19. The lowest BCUT2D eigenvalue weighted by Gasteiger charge is -2.31. The molecule has 0 aliphatic carbocycles. The summed E-state index contributed by atoms with van der Waals surface area (Å²) in [6.45, 7) is 0. The third-order valence-corrected chi connectivity index (χ3v) is 4.56. The highest BCUT2D eigenvalue weighted by Crippen LogP contribution is 2.34. The lowest BCUT2D eigenvalue weighted by atomic mass is 9.78. The predicted molar refractivity (Wildman–Crippen MR) is 79.6 cm³/mol. The van der Waals surface area contributed by atoms with Crippen molar-refractivity contribution >= 4 is 23.2 Å². The fourth-order valence-corrected chi connectivity index (χ4v) is 3.06. The summed E-state index contributed by atoms with van der Waals surface area (Å²) < 4.78 is 41.8. The summed E-state index contributed by atoms with van der Waals surface area (Å²) in [4.78, 5) is 0. The lowest BCUT2D eigenvalue weighted by molar-refractivity contribution is 0.461. The first kappa shape index (κ1) is 16.2. The SMILES string of the molecule is Fc1ccccc1C(CCl)(CCl)Cc1c(F)cccc1F. The molecule has 112 valence electrons. The Labute approximate surface area is 131 Å². The average molecular weight is 333 g/mol. The van der Waals surface area contributed by atoms with Crippen molar-refractivity contribution in [2.45, 2.75) is 11.8 Å². The molecule has 0 nitrogen and oxygen atoms in total. The Kier molecular flexibility index (Phi) is 5.17. The topological polar surface area (TPSA) is 0 Å². The molecule has 0 N–H and O–H groups in total. The van der Waals surface area contributed by atoms with Crippen LogP contribution in [-0.4, -0.2) is 11.8 Å². The monoisotopic (exact) mass is 332 g/mol. The van der Waals surface area contributed by atoms with E-state index in [1.165, 1.54) is 18.2 Å². The van der Waals surface area contributed by atoms with Crippen LogP contribution in [0.25, 0.3) is 0 Å². The molecular weight excluding hydrogens is 320 g/mol. The maximum atomic E-state index is 14.1. The van der Waals surface area contributed by atoms with E-state index in [2.05, 4.69) is 0 Å². The van der Waals surface area contributed by atoms with Gasteiger partial charge in [0.25, 0.3) is 0 Å². The minimum Gasteiger partial charge on any atom is -0.207 e. The van der Waals surface area contributed by atoms with E-state index in [9.17, 15) is 13.2 Å². The van der Waals surface area contributed by atoms with Gasteiger partial charge in [-0.2, -0.15) is 0 Å². The highest BCUT2D eigenvalue weighted by atomic mass is 35.5. The largest absolute Gasteiger partial charge is 0.207 e. The minimum absolute atomic E-state index is 0.0504. The minimum atomic E-state index is -1.07. The molecule has 0 aromatic heterocycles. The predicted octanol–water partition coefficient (Wildman–Crippen LogP) is 5.06. The van der Waals surface area contributed by atoms with Gasteiger partial charge in [-0.05, 0) is 30.2 Å². The van der Waals surface area contributed by atoms with Gasteiger partial charge >= 0.3 is 0 Å². The van der Waals surface area contributed by atoms with Crippen molar-refractivity contribution < 1.29 is 13.2 Å². The third-order valence-electron chi connectivity index (χ3n) is 3.53. The highest BCUT2D eigenvalue weighted by Gasteiger charge is 2.35. The van der Waals surface area contributed by atoms with Gasteiger partial charge in [-0.15, -0.1) is 23.2 Å². The number of hydrogen-bond donors (Lipinski definition) is 0. The molecule has 0 bridgehead atoms. The summed E-state index contributed by atoms with van der Waals surface area (Å²) in [6, 6.07) is 9.60. The van der Waals surface area contributed by atoms with Crippen LogP contribution in [0, 0.1) is 17.5 Å². The molecule has 0 radical (unpaired) electrons. The van der Waals surface area contributed by atoms with Crippen molar-refractivity contribution in [2.75, 3.05) is 11.8 Å². The zero-order valence-electron chi connectivity index (χ0n) is 11.1. The van der Waals surface area contributed by atoms with Crippen LogP contribution in [0.15, 0.2) is 42.5 Å². The van der Waals surface area contributed by atoms with Gasteiger partial charge in [-0.25, -0.2) is 13.2 Å². The fourth-order valence-electron chi connectivity index (χ4n) is 2.30. The lowest BCUT2D eigenvalue weighted by Crippen LogP contribution is -2.35. The van der Waals surface area contributed by atoms with Crippen molar-refractivity contribution in [3.63, 3.8) is 0 Å². The van der Waals surface area contributed by atoms with E-state index in [1.807, 2.05) is 0 Å². The smallest absolute Gasteiger partial charge is 0.129 e. The molecule has 0 aliphatic heterocycles. The Bertz CT molecular complexity index is 604. The molecule has 2 aromatic carbocycles. The summed E-state index contributed by atoms with van der Waals surface area (Å²) in [7, 11) is 0. The van der Waals surface area contributed by atoms with E-state index in [-0.39, 0.29) is 29.3 Å². The molecule has 0 atom stereocenters. The standard InChI is InChI=1S/C16H13Cl2F3/c17-9-16(10-18,12-4-1-2-5-15(12)21)8-11-13(19)6-3-7-14(11)20/h1-7H,8-10H2. The molecule has 0 unspecified atom stereocenters. The molecule has 2 aromatic rings. The van der Waals surface area contributed by atoms with Gasteiger partial charge in [0.05, 0.1) is 0 Å². The average Bonchev–Trinajstić information content (AvgIpc) is 2.49. The van der Waals surface area contributed by atoms with Crippen molar-refractivity contribution in [1.29, 1.82) is 0 Å². The van der Waals surface area contributed by atoms with Crippen LogP contribution in [0.3, 0.4) is 0 Å². The van der Waals surface area contributed by atoms with Gasteiger partial charge in [-0.1, -0.05) is 24.3 Å². The molecule has 0 saturated heterocycles. The molecule has 0 spiro atoms. The van der Waals surface area contributed by atoms with E-state index in [0.717, 1.165) is 12.1 Å². The second kappa shape index (κ2) is 6.71. The van der Waals surface area contributed by atoms with E-state index < -0.39 is 22.9 Å². The number of halogens is 5. The Morgan fingerprint density at radius 2 is 1.29 bits per heavy atom. The van der Waals surface area contributed by atoms with Crippen LogP contribution in [0.1, 0.15) is 11.1 Å². The number of benzene rings is 2. The Balaban J connectivity index is 2.51. The summed E-state index contributed by atoms with van der Waals surface area (Å²) in [5.41, 5.74) is -0.947. The van der Waals surface area contributed by atoms with Crippen LogP contribution < -0.4 is 0 Å². The molecule has 0 saturated carbocycles. The summed E-state index contributed by atoms with van der Waals surface area (Å²) in [5, 5.41) is 0. The molecule has 2 rings (SSSR count). The third kappa shape index (κ3) is 3.19. The zero-order valence-corrected chi connectivity index (χ0v) is 12.6. The van der Waals surface area contributed by atoms with Gasteiger partial charge in [0.1, 0.15) is 17.5 Å². The van der Waals surface area contributed by atoms with Crippen molar-refractivity contribution in [3.8, 4) is 0 Å². The normalized spacial score (nSPS) is 11.7. The Morgan fingerprint density at radius 3 is 1.81 bits per heavy atom. The second-order valence-electron chi connectivity index (χ2n) is 4.90. The Morgan fingerprint density at radius 1 is 0.762 bits per heavy atom. The van der Waals surface area contributed by atoms with Gasteiger partial charge < -0.3 is 0 Å². The number of alkyl halides is 2. The molecule has 0 amide bonds. The number of hydrogen-bond acceptors (Lipinski definition) is 0. The number of rotatable bonds is 5. The fraction of sp³-hybridized carbons (Fsp3) is 0.250. The molecule has 5 heteroatoms. The van der Waals surface area contributed by atoms with Crippen LogP contribution in [-0.2, 0) is 11.8 Å². The van der Waals surface area contributed by atoms with Crippen LogP contribution in [0.4, 0.5) is 13.2 Å². The van der Waals surface area contributed by atoms with Crippen LogP contribution in [0.5, 0.6) is 0 Å².